The molecule has 2 N–H and O–H groups in total. The number of phenols is 1. The number of hydrogen-bond donors (Lipinski definition) is 2. The molecule has 0 saturated carbocycles. The molecule has 1 aliphatic rings. The van der Waals surface area contributed by atoms with Gasteiger partial charge in [-0.1, -0.05) is 19.9 Å². The Morgan fingerprint density at radius 2 is 2.21 bits per heavy atom. The second kappa shape index (κ2) is 2.91. The number of rotatable bonds is 1. The first-order valence-electron chi connectivity index (χ1n) is 5.18. The molecular weight excluding hydrogens is 174 g/mol. The van der Waals surface area contributed by atoms with E-state index in [4.69, 9.17) is 0 Å². The van der Waals surface area contributed by atoms with Crippen molar-refractivity contribution in [2.45, 2.75) is 38.6 Å². The Bertz CT molecular complexity index is 361. The minimum atomic E-state index is 0.135. The zero-order valence-electron chi connectivity index (χ0n) is 8.96. The van der Waals surface area contributed by atoms with Gasteiger partial charge in [-0.3, -0.25) is 0 Å². The van der Waals surface area contributed by atoms with Crippen molar-refractivity contribution in [1.82, 2.24) is 0 Å². The van der Waals surface area contributed by atoms with E-state index in [1.54, 1.807) is 6.07 Å². The molecule has 0 amide bonds. The molecule has 14 heavy (non-hydrogen) atoms. The summed E-state index contributed by atoms with van der Waals surface area (Å²) in [6.07, 6.45) is 1.09. The lowest BCUT2D eigenvalue weighted by Gasteiger charge is -2.28. The first kappa shape index (κ1) is 9.38. The van der Waals surface area contributed by atoms with Gasteiger partial charge in [-0.15, -0.1) is 0 Å². The first-order valence-corrected chi connectivity index (χ1v) is 5.18. The number of benzene rings is 1. The summed E-state index contributed by atoms with van der Waals surface area (Å²) in [7, 11) is 0. The van der Waals surface area contributed by atoms with Gasteiger partial charge in [0.1, 0.15) is 5.75 Å². The van der Waals surface area contributed by atoms with Crippen molar-refractivity contribution >= 4 is 5.69 Å². The number of nitrogens with one attached hydrogen (secondary N) is 1. The van der Waals surface area contributed by atoms with E-state index in [2.05, 4.69) is 26.1 Å². The Morgan fingerprint density at radius 1 is 1.50 bits per heavy atom. The monoisotopic (exact) mass is 191 g/mol. The molecule has 0 radical (unpaired) electrons. The summed E-state index contributed by atoms with van der Waals surface area (Å²) < 4.78 is 0. The molecule has 0 fully saturated rings. The van der Waals surface area contributed by atoms with E-state index in [1.165, 1.54) is 5.56 Å². The van der Waals surface area contributed by atoms with Crippen LogP contribution in [0.5, 0.6) is 5.75 Å². The lowest BCUT2D eigenvalue weighted by atomic mass is 9.84. The van der Waals surface area contributed by atoms with Crippen LogP contribution in [0.25, 0.3) is 0 Å². The van der Waals surface area contributed by atoms with Gasteiger partial charge in [-0.05, 0) is 25.0 Å². The average Bonchev–Trinajstić information content (AvgIpc) is 2.40. The summed E-state index contributed by atoms with van der Waals surface area (Å²) >= 11 is 0. The maximum atomic E-state index is 9.39. The highest BCUT2D eigenvalue weighted by Crippen LogP contribution is 2.44. The van der Waals surface area contributed by atoms with E-state index in [1.807, 2.05) is 12.1 Å². The van der Waals surface area contributed by atoms with E-state index < -0.39 is 0 Å². The fourth-order valence-corrected chi connectivity index (χ4v) is 2.18. The van der Waals surface area contributed by atoms with Crippen LogP contribution in [-0.4, -0.2) is 10.6 Å². The van der Waals surface area contributed by atoms with Crippen molar-refractivity contribution in [3.63, 3.8) is 0 Å². The number of fused-ring (bicyclic) bond motifs is 1. The maximum absolute atomic E-state index is 9.39. The van der Waals surface area contributed by atoms with Crippen molar-refractivity contribution in [1.29, 1.82) is 0 Å². The standard InChI is InChI=1S/C12H17NO/c1-4-12(3)8(2)10-6-5-9(14)7-11(10)13-12/h5-8,13-14H,4H2,1-3H3. The molecule has 0 aliphatic carbocycles. The third-order valence-corrected chi connectivity index (χ3v) is 3.61. The van der Waals surface area contributed by atoms with Gasteiger partial charge < -0.3 is 10.4 Å². The third-order valence-electron chi connectivity index (χ3n) is 3.61. The molecule has 1 aromatic rings. The fourth-order valence-electron chi connectivity index (χ4n) is 2.18. The van der Waals surface area contributed by atoms with Gasteiger partial charge in [0.25, 0.3) is 0 Å². The van der Waals surface area contributed by atoms with Crippen LogP contribution in [0.3, 0.4) is 0 Å². The molecule has 0 spiro atoms. The van der Waals surface area contributed by atoms with Crippen LogP contribution in [0.2, 0.25) is 0 Å². The molecule has 0 saturated heterocycles. The average molecular weight is 191 g/mol. The van der Waals surface area contributed by atoms with Crippen LogP contribution in [0.1, 0.15) is 38.7 Å². The highest BCUT2D eigenvalue weighted by molar-refractivity contribution is 5.63. The summed E-state index contributed by atoms with van der Waals surface area (Å²) in [6.45, 7) is 6.66. The van der Waals surface area contributed by atoms with Crippen molar-refractivity contribution < 1.29 is 5.11 Å². The van der Waals surface area contributed by atoms with Gasteiger partial charge in [0.2, 0.25) is 0 Å². The summed E-state index contributed by atoms with van der Waals surface area (Å²) in [5.41, 5.74) is 2.53. The molecule has 1 aromatic carbocycles. The van der Waals surface area contributed by atoms with Gasteiger partial charge in [0.15, 0.2) is 0 Å². The van der Waals surface area contributed by atoms with Crippen LogP contribution >= 0.6 is 0 Å². The zero-order valence-corrected chi connectivity index (χ0v) is 8.96. The lowest BCUT2D eigenvalue weighted by molar-refractivity contribution is 0.443. The van der Waals surface area contributed by atoms with Gasteiger partial charge in [-0.25, -0.2) is 0 Å². The zero-order chi connectivity index (χ0) is 10.3. The Balaban J connectivity index is 2.45. The number of aromatic hydroxyl groups is 1. The predicted octanol–water partition coefficient (Wildman–Crippen LogP) is 3.09. The topological polar surface area (TPSA) is 32.3 Å². The quantitative estimate of drug-likeness (QED) is 0.715. The second-order valence-electron chi connectivity index (χ2n) is 4.39. The van der Waals surface area contributed by atoms with E-state index >= 15 is 0 Å². The van der Waals surface area contributed by atoms with E-state index in [0.29, 0.717) is 11.7 Å². The minimum absolute atomic E-state index is 0.135. The number of anilines is 1. The maximum Gasteiger partial charge on any atom is 0.117 e. The Hall–Kier alpha value is -1.18. The van der Waals surface area contributed by atoms with Gasteiger partial charge >= 0.3 is 0 Å². The molecule has 76 valence electrons. The molecule has 1 heterocycles. The molecule has 2 rings (SSSR count). The van der Waals surface area contributed by atoms with E-state index in [9.17, 15) is 5.11 Å². The number of phenolic OH excluding ortho intramolecular Hbond substituents is 1. The molecular formula is C12H17NO. The van der Waals surface area contributed by atoms with Gasteiger partial charge in [0, 0.05) is 23.2 Å². The smallest absolute Gasteiger partial charge is 0.117 e. The predicted molar refractivity (Wildman–Crippen MR) is 58.8 cm³/mol. The highest BCUT2D eigenvalue weighted by atomic mass is 16.3. The highest BCUT2D eigenvalue weighted by Gasteiger charge is 2.37. The van der Waals surface area contributed by atoms with Crippen molar-refractivity contribution in [2.75, 3.05) is 5.32 Å². The lowest BCUT2D eigenvalue weighted by Crippen LogP contribution is -2.33. The summed E-state index contributed by atoms with van der Waals surface area (Å²) in [4.78, 5) is 0. The Labute approximate surface area is 85.0 Å². The van der Waals surface area contributed by atoms with E-state index in [0.717, 1.165) is 12.1 Å². The van der Waals surface area contributed by atoms with Crippen molar-refractivity contribution in [3.8, 4) is 5.75 Å². The van der Waals surface area contributed by atoms with Gasteiger partial charge in [0.05, 0.1) is 0 Å². The second-order valence-corrected chi connectivity index (χ2v) is 4.39. The Morgan fingerprint density at radius 3 is 2.86 bits per heavy atom. The van der Waals surface area contributed by atoms with Crippen LogP contribution in [0.15, 0.2) is 18.2 Å². The summed E-state index contributed by atoms with van der Waals surface area (Å²) in [5, 5.41) is 12.9. The molecule has 2 heteroatoms. The minimum Gasteiger partial charge on any atom is -0.508 e. The van der Waals surface area contributed by atoms with Gasteiger partial charge in [-0.2, -0.15) is 0 Å². The fraction of sp³-hybridized carbons (Fsp3) is 0.500. The van der Waals surface area contributed by atoms with Crippen LogP contribution in [0, 0.1) is 0 Å². The summed E-state index contributed by atoms with van der Waals surface area (Å²) in [5.74, 6) is 0.840. The largest absolute Gasteiger partial charge is 0.508 e. The first-order chi connectivity index (χ1) is 6.57. The molecule has 0 aromatic heterocycles. The molecule has 2 atom stereocenters. The van der Waals surface area contributed by atoms with Crippen LogP contribution in [-0.2, 0) is 0 Å². The molecule has 1 aliphatic heterocycles. The van der Waals surface area contributed by atoms with Crippen LogP contribution in [0.4, 0.5) is 5.69 Å². The molecule has 2 nitrogen and oxygen atoms in total. The van der Waals surface area contributed by atoms with E-state index in [-0.39, 0.29) is 5.54 Å². The van der Waals surface area contributed by atoms with Crippen molar-refractivity contribution in [3.05, 3.63) is 23.8 Å². The van der Waals surface area contributed by atoms with Crippen LogP contribution < -0.4 is 5.32 Å². The Kier molecular flexibility index (Phi) is 1.95. The summed E-state index contributed by atoms with van der Waals surface area (Å²) in [6, 6.07) is 5.59. The molecule has 0 bridgehead atoms. The molecule has 2 unspecified atom stereocenters. The third kappa shape index (κ3) is 1.17. The van der Waals surface area contributed by atoms with Crippen molar-refractivity contribution in [2.24, 2.45) is 0 Å². The SMILES string of the molecule is CCC1(C)Nc2cc(O)ccc2C1C. The normalized spacial score (nSPS) is 29.8. The number of hydrogen-bond acceptors (Lipinski definition) is 2.